The van der Waals surface area contributed by atoms with E-state index < -0.39 is 10.0 Å². The van der Waals surface area contributed by atoms with Crippen molar-refractivity contribution in [1.29, 1.82) is 0 Å². The van der Waals surface area contributed by atoms with Crippen molar-refractivity contribution in [2.24, 2.45) is 0 Å². The molecule has 0 aliphatic rings. The van der Waals surface area contributed by atoms with Gasteiger partial charge in [-0.25, -0.2) is 13.1 Å². The predicted octanol–water partition coefficient (Wildman–Crippen LogP) is 2.50. The third-order valence-electron chi connectivity index (χ3n) is 3.85. The van der Waals surface area contributed by atoms with Crippen molar-refractivity contribution >= 4 is 31.9 Å². The van der Waals surface area contributed by atoms with Crippen LogP contribution in [0.1, 0.15) is 17.5 Å². The summed E-state index contributed by atoms with van der Waals surface area (Å²) in [7, 11) is 0.370. The summed E-state index contributed by atoms with van der Waals surface area (Å²) in [6.45, 7) is 1.25. The number of amides is 1. The van der Waals surface area contributed by atoms with Crippen LogP contribution in [0.2, 0.25) is 0 Å². The molecule has 0 fully saturated rings. The van der Waals surface area contributed by atoms with Crippen LogP contribution < -0.4 is 10.0 Å². The zero-order valence-corrected chi connectivity index (χ0v) is 17.8. The zero-order valence-electron chi connectivity index (χ0n) is 15.4. The quantitative estimate of drug-likeness (QED) is 0.611. The molecular formula is C19H24BrN3O3S. The van der Waals surface area contributed by atoms with Crippen LogP contribution in [0.15, 0.2) is 57.9 Å². The van der Waals surface area contributed by atoms with E-state index in [9.17, 15) is 13.2 Å². The first kappa shape index (κ1) is 21.6. The molecule has 0 aliphatic heterocycles. The number of carbonyl (C=O) groups is 1. The minimum Gasteiger partial charge on any atom is -0.352 e. The summed E-state index contributed by atoms with van der Waals surface area (Å²) >= 11 is 3.27. The molecule has 2 N–H and O–H groups in total. The Hall–Kier alpha value is -1.74. The second kappa shape index (κ2) is 9.98. The van der Waals surface area contributed by atoms with Gasteiger partial charge in [-0.1, -0.05) is 40.2 Å². The summed E-state index contributed by atoms with van der Waals surface area (Å²) in [5.41, 5.74) is 2.20. The normalized spacial score (nSPS) is 11.6. The lowest BCUT2D eigenvalue weighted by molar-refractivity contribution is -0.121. The van der Waals surface area contributed by atoms with Crippen molar-refractivity contribution in [2.45, 2.75) is 24.4 Å². The number of nitrogens with one attached hydrogen (secondary N) is 2. The van der Waals surface area contributed by atoms with Crippen molar-refractivity contribution in [3.63, 3.8) is 0 Å². The maximum atomic E-state index is 12.2. The topological polar surface area (TPSA) is 78.5 Å². The number of sulfonamides is 1. The van der Waals surface area contributed by atoms with Gasteiger partial charge in [0.25, 0.3) is 0 Å². The molecule has 1 amide bonds. The summed E-state index contributed by atoms with van der Waals surface area (Å²) < 4.78 is 27.6. The van der Waals surface area contributed by atoms with Crippen LogP contribution in [0, 0.1) is 0 Å². The van der Waals surface area contributed by atoms with Gasteiger partial charge in [-0.3, -0.25) is 4.79 Å². The number of rotatable bonds is 9. The third-order valence-corrected chi connectivity index (χ3v) is 5.85. The molecule has 0 radical (unpaired) electrons. The maximum Gasteiger partial charge on any atom is 0.240 e. The Morgan fingerprint density at radius 2 is 1.67 bits per heavy atom. The van der Waals surface area contributed by atoms with Gasteiger partial charge in [0.05, 0.1) is 4.90 Å². The lowest BCUT2D eigenvalue weighted by Gasteiger charge is -2.14. The highest BCUT2D eigenvalue weighted by Gasteiger charge is 2.14. The fourth-order valence-electron chi connectivity index (χ4n) is 2.50. The first-order valence-corrected chi connectivity index (χ1v) is 10.8. The Labute approximate surface area is 169 Å². The Kier molecular flexibility index (Phi) is 7.97. The average Bonchev–Trinajstić information content (AvgIpc) is 2.61. The number of hydrogen-bond donors (Lipinski definition) is 2. The molecule has 0 aromatic heterocycles. The Balaban J connectivity index is 1.82. The monoisotopic (exact) mass is 453 g/mol. The van der Waals surface area contributed by atoms with Crippen LogP contribution in [-0.2, 0) is 27.9 Å². The Morgan fingerprint density at radius 3 is 2.30 bits per heavy atom. The minimum absolute atomic E-state index is 0.0452. The highest BCUT2D eigenvalue weighted by molar-refractivity contribution is 9.10. The predicted molar refractivity (Wildman–Crippen MR) is 110 cm³/mol. The molecule has 0 unspecified atom stereocenters. The second-order valence-electron chi connectivity index (χ2n) is 6.38. The summed E-state index contributed by atoms with van der Waals surface area (Å²) in [6, 6.07) is 14.3. The van der Waals surface area contributed by atoms with Crippen molar-refractivity contribution < 1.29 is 13.2 Å². The van der Waals surface area contributed by atoms with Gasteiger partial charge in [0, 0.05) is 30.5 Å². The molecule has 2 aromatic rings. The fourth-order valence-corrected chi connectivity index (χ4v) is 3.80. The smallest absolute Gasteiger partial charge is 0.240 e. The number of hydrogen-bond acceptors (Lipinski definition) is 4. The van der Waals surface area contributed by atoms with E-state index >= 15 is 0 Å². The van der Waals surface area contributed by atoms with Crippen LogP contribution in [0.3, 0.4) is 0 Å². The molecule has 8 heteroatoms. The molecule has 0 spiro atoms. The molecular weight excluding hydrogens is 430 g/mol. The van der Waals surface area contributed by atoms with E-state index in [1.165, 1.54) is 12.1 Å². The Morgan fingerprint density at radius 1 is 1.04 bits per heavy atom. The lowest BCUT2D eigenvalue weighted by Crippen LogP contribution is -2.30. The average molecular weight is 454 g/mol. The van der Waals surface area contributed by atoms with Gasteiger partial charge in [0.15, 0.2) is 0 Å². The van der Waals surface area contributed by atoms with Gasteiger partial charge in [0.2, 0.25) is 15.9 Å². The van der Waals surface area contributed by atoms with E-state index in [1.54, 1.807) is 12.1 Å². The maximum absolute atomic E-state index is 12.2. The van der Waals surface area contributed by atoms with Crippen molar-refractivity contribution in [3.8, 4) is 0 Å². The van der Waals surface area contributed by atoms with E-state index in [4.69, 9.17) is 0 Å². The zero-order chi connectivity index (χ0) is 19.9. The van der Waals surface area contributed by atoms with E-state index in [1.807, 2.05) is 38.4 Å². The van der Waals surface area contributed by atoms with Gasteiger partial charge >= 0.3 is 0 Å². The molecule has 2 rings (SSSR count). The highest BCUT2D eigenvalue weighted by atomic mass is 79.9. The fraction of sp³-hybridized carbons (Fsp3) is 0.316. The van der Waals surface area contributed by atoms with Crippen molar-refractivity contribution in [3.05, 3.63) is 64.1 Å². The summed E-state index contributed by atoms with van der Waals surface area (Å²) in [5, 5.41) is 2.85. The van der Waals surface area contributed by atoms with Gasteiger partial charge in [0.1, 0.15) is 0 Å². The molecule has 0 bridgehead atoms. The van der Waals surface area contributed by atoms with Crippen LogP contribution >= 0.6 is 15.9 Å². The molecule has 0 heterocycles. The number of carbonyl (C=O) groups excluding carboxylic acids is 1. The van der Waals surface area contributed by atoms with Crippen molar-refractivity contribution in [2.75, 3.05) is 20.6 Å². The van der Waals surface area contributed by atoms with E-state index in [0.29, 0.717) is 6.54 Å². The third kappa shape index (κ3) is 7.06. The largest absolute Gasteiger partial charge is 0.352 e. The summed E-state index contributed by atoms with van der Waals surface area (Å²) in [4.78, 5) is 14.3. The molecule has 0 saturated heterocycles. The summed E-state index contributed by atoms with van der Waals surface area (Å²) in [5.74, 6) is -0.201. The lowest BCUT2D eigenvalue weighted by atomic mass is 10.1. The van der Waals surface area contributed by atoms with Gasteiger partial charge in [-0.2, -0.15) is 0 Å². The number of halogens is 1. The standard InChI is InChI=1S/C19H24BrN3O3S/c1-23(2)14-16-6-4-3-5-15(16)13-21-19(24)11-12-22-27(25,26)18-9-7-17(20)8-10-18/h3-10,22H,11-14H2,1-2H3,(H,21,24). The highest BCUT2D eigenvalue weighted by Crippen LogP contribution is 2.14. The van der Waals surface area contributed by atoms with Gasteiger partial charge < -0.3 is 10.2 Å². The van der Waals surface area contributed by atoms with Gasteiger partial charge in [-0.15, -0.1) is 0 Å². The number of nitrogens with zero attached hydrogens (tertiary/aromatic N) is 1. The van der Waals surface area contributed by atoms with Gasteiger partial charge in [-0.05, 0) is 49.5 Å². The van der Waals surface area contributed by atoms with Crippen LogP contribution in [0.25, 0.3) is 0 Å². The number of benzene rings is 2. The summed E-state index contributed by atoms with van der Waals surface area (Å²) in [6.07, 6.45) is 0.0750. The molecule has 146 valence electrons. The molecule has 0 saturated carbocycles. The molecule has 2 aromatic carbocycles. The second-order valence-corrected chi connectivity index (χ2v) is 9.07. The molecule has 6 nitrogen and oxygen atoms in total. The SMILES string of the molecule is CN(C)Cc1ccccc1CNC(=O)CCNS(=O)(=O)c1ccc(Br)cc1. The Bertz CT molecular complexity index is 868. The first-order chi connectivity index (χ1) is 12.8. The molecule has 27 heavy (non-hydrogen) atoms. The minimum atomic E-state index is -3.62. The molecule has 0 aliphatic carbocycles. The van der Waals surface area contributed by atoms with Crippen LogP contribution in [0.5, 0.6) is 0 Å². The first-order valence-electron chi connectivity index (χ1n) is 8.51. The van der Waals surface area contributed by atoms with Crippen molar-refractivity contribution in [1.82, 2.24) is 14.9 Å². The van der Waals surface area contributed by atoms with E-state index in [0.717, 1.165) is 22.1 Å². The van der Waals surface area contributed by atoms with Crippen LogP contribution in [0.4, 0.5) is 0 Å². The van der Waals surface area contributed by atoms with Crippen LogP contribution in [-0.4, -0.2) is 39.9 Å². The van der Waals surface area contributed by atoms with E-state index in [-0.39, 0.29) is 23.8 Å². The van der Waals surface area contributed by atoms with E-state index in [2.05, 4.69) is 30.9 Å². The molecule has 0 atom stereocenters.